The van der Waals surface area contributed by atoms with E-state index >= 15 is 0 Å². The molecule has 4 N–H and O–H groups in total. The fraction of sp³-hybridized carbons (Fsp3) is 0.364. The molecule has 0 fully saturated rings. The molecule has 0 saturated heterocycles. The molecule has 0 aliphatic heterocycles. The molecule has 11 heteroatoms. The average molecular weight is 458 g/mol. The van der Waals surface area contributed by atoms with Gasteiger partial charge in [-0.15, -0.1) is 4.91 Å². The Hall–Kier alpha value is -3.86. The third-order valence-corrected chi connectivity index (χ3v) is 4.95. The summed E-state index contributed by atoms with van der Waals surface area (Å²) in [6.45, 7) is 2.05. The monoisotopic (exact) mass is 458 g/mol. The van der Waals surface area contributed by atoms with Gasteiger partial charge in [0.25, 0.3) is 5.69 Å². The van der Waals surface area contributed by atoms with Crippen molar-refractivity contribution in [3.05, 3.63) is 69.2 Å². The number of aliphatic carboxylic acids is 1. The maximum Gasteiger partial charge on any atom is 0.326 e. The Morgan fingerprint density at radius 2 is 2.12 bits per heavy atom. The Morgan fingerprint density at radius 1 is 1.36 bits per heavy atom. The van der Waals surface area contributed by atoms with Gasteiger partial charge in [0, 0.05) is 24.8 Å². The van der Waals surface area contributed by atoms with E-state index in [-0.39, 0.29) is 17.8 Å². The molecular formula is C22H26N4O7. The number of hydrogen-bond donors (Lipinski definition) is 4. The molecule has 2 rings (SSSR count). The smallest absolute Gasteiger partial charge is 0.326 e. The molecule has 2 atom stereocenters. The lowest BCUT2D eigenvalue weighted by Crippen LogP contribution is -2.40. The summed E-state index contributed by atoms with van der Waals surface area (Å²) in [7, 11) is 0. The number of unbranched alkanes of at least 4 members (excludes halogenated alkanes) is 1. The van der Waals surface area contributed by atoms with Crippen LogP contribution in [0.2, 0.25) is 0 Å². The number of carbonyl (C=O) groups excluding carboxylic acids is 1. The zero-order valence-electron chi connectivity index (χ0n) is 18.1. The lowest BCUT2D eigenvalue weighted by molar-refractivity contribution is -0.384. The van der Waals surface area contributed by atoms with Crippen LogP contribution in [0.4, 0.5) is 17.1 Å². The number of carbonyl (C=O) groups is 2. The molecule has 0 saturated carbocycles. The summed E-state index contributed by atoms with van der Waals surface area (Å²) in [4.78, 5) is 44.6. The van der Waals surface area contributed by atoms with Crippen LogP contribution in [0.15, 0.2) is 59.3 Å². The van der Waals surface area contributed by atoms with Crippen molar-refractivity contribution < 1.29 is 24.7 Å². The summed E-state index contributed by atoms with van der Waals surface area (Å²) < 4.78 is 0. The molecule has 2 unspecified atom stereocenters. The Kier molecular flexibility index (Phi) is 8.98. The number of nitrogens with zero attached hydrogens (tertiary/aromatic N) is 2. The van der Waals surface area contributed by atoms with Crippen molar-refractivity contribution in [3.63, 3.8) is 0 Å². The number of nitro benzene ring substituents is 1. The van der Waals surface area contributed by atoms with E-state index in [9.17, 15) is 34.8 Å². The quantitative estimate of drug-likeness (QED) is 0.121. The van der Waals surface area contributed by atoms with Gasteiger partial charge in [-0.3, -0.25) is 14.9 Å². The van der Waals surface area contributed by atoms with Crippen LogP contribution in [-0.4, -0.2) is 45.2 Å². The van der Waals surface area contributed by atoms with Gasteiger partial charge in [-0.1, -0.05) is 18.2 Å². The summed E-state index contributed by atoms with van der Waals surface area (Å²) in [5, 5.41) is 38.2. The molecule has 0 bridgehead atoms. The molecule has 0 heterocycles. The Bertz CT molecular complexity index is 998. The molecule has 11 nitrogen and oxygen atoms in total. The van der Waals surface area contributed by atoms with Gasteiger partial charge in [-0.25, -0.2) is 4.79 Å². The first kappa shape index (κ1) is 25.4. The highest BCUT2D eigenvalue weighted by Crippen LogP contribution is 2.29. The van der Waals surface area contributed by atoms with E-state index in [2.05, 4.69) is 15.8 Å². The fourth-order valence-corrected chi connectivity index (χ4v) is 3.06. The van der Waals surface area contributed by atoms with E-state index in [0.717, 1.165) is 11.6 Å². The van der Waals surface area contributed by atoms with Crippen LogP contribution in [0.1, 0.15) is 32.6 Å². The van der Waals surface area contributed by atoms with E-state index in [1.54, 1.807) is 31.2 Å². The number of hydrogen-bond acceptors (Lipinski definition) is 8. The van der Waals surface area contributed by atoms with Gasteiger partial charge in [0.2, 0.25) is 5.91 Å². The van der Waals surface area contributed by atoms with E-state index < -0.39 is 28.4 Å². The van der Waals surface area contributed by atoms with Gasteiger partial charge in [0.15, 0.2) is 0 Å². The van der Waals surface area contributed by atoms with Gasteiger partial charge < -0.3 is 20.8 Å². The normalized spacial score (nSPS) is 18.4. The first-order valence-electron chi connectivity index (χ1n) is 10.3. The van der Waals surface area contributed by atoms with Gasteiger partial charge in [0.1, 0.15) is 11.7 Å². The first-order valence-corrected chi connectivity index (χ1v) is 10.3. The molecule has 1 aromatic carbocycles. The van der Waals surface area contributed by atoms with Crippen molar-refractivity contribution in [1.82, 2.24) is 5.32 Å². The number of anilines is 1. The molecule has 176 valence electrons. The molecule has 1 aliphatic rings. The van der Waals surface area contributed by atoms with Crippen molar-refractivity contribution >= 4 is 28.9 Å². The molecule has 0 aromatic heterocycles. The molecule has 1 aromatic rings. The molecule has 1 aliphatic carbocycles. The summed E-state index contributed by atoms with van der Waals surface area (Å²) in [5.41, 5.74) is -0.154. The number of amides is 1. The second kappa shape index (κ2) is 11.7. The maximum atomic E-state index is 12.1. The minimum Gasteiger partial charge on any atom is -0.480 e. The van der Waals surface area contributed by atoms with Crippen molar-refractivity contribution in [2.45, 2.75) is 44.2 Å². The highest BCUT2D eigenvalue weighted by molar-refractivity contribution is 5.91. The van der Waals surface area contributed by atoms with Gasteiger partial charge >= 0.3 is 5.97 Å². The minimum atomic E-state index is -1.15. The topological polar surface area (TPSA) is 171 Å². The highest BCUT2D eigenvalue weighted by Gasteiger charge is 2.19. The van der Waals surface area contributed by atoms with Crippen LogP contribution >= 0.6 is 0 Å². The number of carboxylic acid groups (broad SMARTS) is 1. The van der Waals surface area contributed by atoms with Crippen LogP contribution in [0.25, 0.3) is 0 Å². The minimum absolute atomic E-state index is 0.0850. The second-order valence-electron chi connectivity index (χ2n) is 7.80. The molecular weight excluding hydrogens is 432 g/mol. The van der Waals surface area contributed by atoms with E-state index in [1.807, 2.05) is 0 Å². The standard InChI is InChI=1S/C22H26N4O7/c1-22(30)11-9-15(10-12-22)5-8-20(27)24-18(21(28)29)4-2-3-13-23-17-7-6-16(26(32)33)14-19(17)25-31/h5-11,14,18,23,30H,2-4,12-13H2,1H3,(H,24,27)(H,28,29)/b8-5+. The number of allylic oxidation sites excluding steroid dienone is 3. The van der Waals surface area contributed by atoms with Crippen molar-refractivity contribution in [2.75, 3.05) is 11.9 Å². The number of nitrogens with one attached hydrogen (secondary N) is 2. The van der Waals surface area contributed by atoms with Crippen molar-refractivity contribution in [2.24, 2.45) is 5.18 Å². The number of rotatable bonds is 12. The SMILES string of the molecule is CC1(O)C=CC(/C=C/C(=O)NC(CCCCNc2ccc([N+](=O)[O-])cc2N=O)C(=O)O)=CC1. The lowest BCUT2D eigenvalue weighted by atomic mass is 9.94. The lowest BCUT2D eigenvalue weighted by Gasteiger charge is -2.20. The predicted molar refractivity (Wildman–Crippen MR) is 122 cm³/mol. The Morgan fingerprint density at radius 3 is 2.73 bits per heavy atom. The summed E-state index contributed by atoms with van der Waals surface area (Å²) in [5.74, 6) is -1.69. The number of nitro groups is 1. The Labute approximate surface area is 190 Å². The van der Waals surface area contributed by atoms with E-state index in [0.29, 0.717) is 31.5 Å². The average Bonchev–Trinajstić information content (AvgIpc) is 2.77. The van der Waals surface area contributed by atoms with E-state index in [4.69, 9.17) is 0 Å². The van der Waals surface area contributed by atoms with Crippen LogP contribution in [-0.2, 0) is 9.59 Å². The number of benzene rings is 1. The number of carboxylic acids is 1. The molecule has 0 spiro atoms. The summed E-state index contributed by atoms with van der Waals surface area (Å²) in [6.07, 6.45) is 9.50. The maximum absolute atomic E-state index is 12.1. The largest absolute Gasteiger partial charge is 0.480 e. The second-order valence-corrected chi connectivity index (χ2v) is 7.80. The predicted octanol–water partition coefficient (Wildman–Crippen LogP) is 3.34. The van der Waals surface area contributed by atoms with Gasteiger partial charge in [0.05, 0.1) is 16.2 Å². The Balaban J connectivity index is 1.79. The van der Waals surface area contributed by atoms with Crippen LogP contribution < -0.4 is 10.6 Å². The van der Waals surface area contributed by atoms with Crippen molar-refractivity contribution in [1.29, 1.82) is 0 Å². The molecule has 33 heavy (non-hydrogen) atoms. The zero-order chi connectivity index (χ0) is 24.4. The van der Waals surface area contributed by atoms with Crippen LogP contribution in [0, 0.1) is 15.0 Å². The van der Waals surface area contributed by atoms with Gasteiger partial charge in [-0.05, 0) is 55.5 Å². The number of non-ortho nitro benzene ring substituents is 1. The molecule has 1 amide bonds. The number of nitroso groups, excluding NO2 is 1. The first-order chi connectivity index (χ1) is 15.6. The highest BCUT2D eigenvalue weighted by atomic mass is 16.6. The third-order valence-electron chi connectivity index (χ3n) is 4.95. The number of aliphatic hydroxyl groups is 1. The van der Waals surface area contributed by atoms with Crippen LogP contribution in [0.3, 0.4) is 0 Å². The zero-order valence-corrected chi connectivity index (χ0v) is 18.1. The summed E-state index contributed by atoms with van der Waals surface area (Å²) >= 11 is 0. The molecule has 0 radical (unpaired) electrons. The van der Waals surface area contributed by atoms with Crippen molar-refractivity contribution in [3.8, 4) is 0 Å². The van der Waals surface area contributed by atoms with E-state index in [1.165, 1.54) is 18.2 Å². The van der Waals surface area contributed by atoms with Gasteiger partial charge in [-0.2, -0.15) is 0 Å². The summed E-state index contributed by atoms with van der Waals surface area (Å²) in [6, 6.07) is 2.65. The van der Waals surface area contributed by atoms with Crippen LogP contribution in [0.5, 0.6) is 0 Å². The fourth-order valence-electron chi connectivity index (χ4n) is 3.06. The third kappa shape index (κ3) is 8.30.